The molecule has 4 heteroatoms. The summed E-state index contributed by atoms with van der Waals surface area (Å²) in [7, 11) is 0. The van der Waals surface area contributed by atoms with E-state index in [-0.39, 0.29) is 18.0 Å². The smallest absolute Gasteiger partial charge is 0.228 e. The van der Waals surface area contributed by atoms with Crippen LogP contribution in [0.5, 0.6) is 5.75 Å². The van der Waals surface area contributed by atoms with Crippen molar-refractivity contribution < 1.29 is 13.9 Å². The molecule has 0 aliphatic carbocycles. The second kappa shape index (κ2) is 5.56. The minimum absolute atomic E-state index is 0.218. The van der Waals surface area contributed by atoms with Gasteiger partial charge in [0.25, 0.3) is 0 Å². The monoisotopic (exact) mass is 285 g/mol. The molecule has 0 fully saturated rings. The summed E-state index contributed by atoms with van der Waals surface area (Å²) in [5, 5.41) is 2.61. The first-order valence-electron chi connectivity index (χ1n) is 6.92. The minimum atomic E-state index is -0.411. The first kappa shape index (κ1) is 13.6. The molecule has 3 nitrogen and oxygen atoms in total. The number of carbonyl (C=O) groups is 1. The van der Waals surface area contributed by atoms with E-state index in [1.54, 1.807) is 19.1 Å². The van der Waals surface area contributed by atoms with E-state index in [2.05, 4.69) is 5.32 Å². The second-order valence-electron chi connectivity index (χ2n) is 5.25. The van der Waals surface area contributed by atoms with Crippen LogP contribution in [-0.4, -0.2) is 12.5 Å². The fourth-order valence-corrected chi connectivity index (χ4v) is 2.45. The van der Waals surface area contributed by atoms with Crippen LogP contribution in [0.4, 0.5) is 10.1 Å². The lowest BCUT2D eigenvalue weighted by molar-refractivity contribution is -0.115. The van der Waals surface area contributed by atoms with Crippen LogP contribution < -0.4 is 10.1 Å². The van der Waals surface area contributed by atoms with Crippen LogP contribution in [-0.2, 0) is 17.6 Å². The van der Waals surface area contributed by atoms with Crippen LogP contribution in [0.3, 0.4) is 0 Å². The largest absolute Gasteiger partial charge is 0.493 e. The molecule has 1 aliphatic heterocycles. The summed E-state index contributed by atoms with van der Waals surface area (Å²) in [5.41, 5.74) is 3.07. The predicted molar refractivity (Wildman–Crippen MR) is 79.1 cm³/mol. The molecule has 0 radical (unpaired) electrons. The summed E-state index contributed by atoms with van der Waals surface area (Å²) >= 11 is 0. The minimum Gasteiger partial charge on any atom is -0.493 e. The lowest BCUT2D eigenvalue weighted by Gasteiger charge is -2.08. The Labute approximate surface area is 122 Å². The number of hydrogen-bond donors (Lipinski definition) is 1. The maximum atomic E-state index is 13.7. The van der Waals surface area contributed by atoms with Crippen molar-refractivity contribution in [1.29, 1.82) is 0 Å². The van der Waals surface area contributed by atoms with Crippen molar-refractivity contribution in [3.63, 3.8) is 0 Å². The number of anilines is 1. The van der Waals surface area contributed by atoms with Crippen LogP contribution in [0.1, 0.15) is 16.7 Å². The van der Waals surface area contributed by atoms with Crippen LogP contribution in [0.25, 0.3) is 0 Å². The summed E-state index contributed by atoms with van der Waals surface area (Å²) in [5.74, 6) is 0.256. The van der Waals surface area contributed by atoms with Crippen molar-refractivity contribution in [1.82, 2.24) is 0 Å². The Balaban J connectivity index is 1.69. The average molecular weight is 285 g/mol. The number of hydrogen-bond acceptors (Lipinski definition) is 2. The SMILES string of the molecule is Cc1ccc(NC(=O)Cc2ccc3c(c2)CCO3)c(F)c1. The van der Waals surface area contributed by atoms with E-state index in [1.807, 2.05) is 18.2 Å². The molecule has 2 aromatic rings. The quantitative estimate of drug-likeness (QED) is 0.940. The number of rotatable bonds is 3. The zero-order valence-corrected chi connectivity index (χ0v) is 11.8. The highest BCUT2D eigenvalue weighted by molar-refractivity contribution is 5.92. The maximum absolute atomic E-state index is 13.7. The predicted octanol–water partition coefficient (Wildman–Crippen LogP) is 3.25. The van der Waals surface area contributed by atoms with E-state index in [0.717, 1.165) is 28.9 Å². The van der Waals surface area contributed by atoms with Crippen molar-refractivity contribution in [2.75, 3.05) is 11.9 Å². The molecular formula is C17H16FNO2. The number of nitrogens with one attached hydrogen (secondary N) is 1. The van der Waals surface area contributed by atoms with E-state index in [1.165, 1.54) is 6.07 Å². The van der Waals surface area contributed by atoms with Crippen LogP contribution >= 0.6 is 0 Å². The van der Waals surface area contributed by atoms with Crippen molar-refractivity contribution in [3.05, 3.63) is 58.9 Å². The van der Waals surface area contributed by atoms with Gasteiger partial charge in [0.05, 0.1) is 18.7 Å². The average Bonchev–Trinajstić information content (AvgIpc) is 2.89. The van der Waals surface area contributed by atoms with E-state index in [9.17, 15) is 9.18 Å². The van der Waals surface area contributed by atoms with E-state index >= 15 is 0 Å². The van der Waals surface area contributed by atoms with Gasteiger partial charge in [0, 0.05) is 6.42 Å². The Morgan fingerprint density at radius 3 is 2.95 bits per heavy atom. The summed E-state index contributed by atoms with van der Waals surface area (Å²) in [6, 6.07) is 10.5. The first-order valence-corrected chi connectivity index (χ1v) is 6.92. The van der Waals surface area contributed by atoms with Gasteiger partial charge in [-0.3, -0.25) is 4.79 Å². The van der Waals surface area contributed by atoms with Gasteiger partial charge in [-0.15, -0.1) is 0 Å². The molecule has 1 amide bonds. The van der Waals surface area contributed by atoms with E-state index in [0.29, 0.717) is 6.61 Å². The third-order valence-electron chi connectivity index (χ3n) is 3.52. The molecule has 0 atom stereocenters. The van der Waals surface area contributed by atoms with Crippen molar-refractivity contribution in [2.24, 2.45) is 0 Å². The highest BCUT2D eigenvalue weighted by atomic mass is 19.1. The third-order valence-corrected chi connectivity index (χ3v) is 3.52. The molecule has 0 saturated carbocycles. The van der Waals surface area contributed by atoms with E-state index < -0.39 is 5.82 Å². The zero-order valence-electron chi connectivity index (χ0n) is 11.8. The molecule has 0 unspecified atom stereocenters. The van der Waals surface area contributed by atoms with Gasteiger partial charge >= 0.3 is 0 Å². The Morgan fingerprint density at radius 1 is 1.29 bits per heavy atom. The van der Waals surface area contributed by atoms with Gasteiger partial charge in [0.15, 0.2) is 0 Å². The molecule has 0 spiro atoms. The normalized spacial score (nSPS) is 12.7. The lowest BCUT2D eigenvalue weighted by Crippen LogP contribution is -2.15. The molecule has 1 heterocycles. The summed E-state index contributed by atoms with van der Waals surface area (Å²) in [6.07, 6.45) is 1.10. The van der Waals surface area contributed by atoms with Gasteiger partial charge in [-0.2, -0.15) is 0 Å². The fraction of sp³-hybridized carbons (Fsp3) is 0.235. The van der Waals surface area contributed by atoms with Gasteiger partial charge in [-0.25, -0.2) is 4.39 Å². The molecule has 21 heavy (non-hydrogen) atoms. The Bertz CT molecular complexity index is 697. The van der Waals surface area contributed by atoms with Crippen molar-refractivity contribution >= 4 is 11.6 Å². The molecule has 1 N–H and O–H groups in total. The summed E-state index contributed by atoms with van der Waals surface area (Å²) < 4.78 is 19.1. The highest BCUT2D eigenvalue weighted by Crippen LogP contribution is 2.26. The van der Waals surface area contributed by atoms with E-state index in [4.69, 9.17) is 4.74 Å². The number of fused-ring (bicyclic) bond motifs is 1. The Morgan fingerprint density at radius 2 is 2.14 bits per heavy atom. The van der Waals surface area contributed by atoms with Crippen LogP contribution in [0.15, 0.2) is 36.4 Å². The Hall–Kier alpha value is -2.36. The molecular weight excluding hydrogens is 269 g/mol. The highest BCUT2D eigenvalue weighted by Gasteiger charge is 2.14. The number of carbonyl (C=O) groups excluding carboxylic acids is 1. The molecule has 1 aliphatic rings. The van der Waals surface area contributed by atoms with Gasteiger partial charge in [0.1, 0.15) is 11.6 Å². The van der Waals surface area contributed by atoms with Crippen LogP contribution in [0, 0.1) is 12.7 Å². The Kier molecular flexibility index (Phi) is 3.60. The fourth-order valence-electron chi connectivity index (χ4n) is 2.45. The van der Waals surface area contributed by atoms with Gasteiger partial charge in [-0.1, -0.05) is 18.2 Å². The van der Waals surface area contributed by atoms with Crippen molar-refractivity contribution in [2.45, 2.75) is 19.8 Å². The number of ether oxygens (including phenoxy) is 1. The molecule has 0 aromatic heterocycles. The molecule has 0 saturated heterocycles. The molecule has 108 valence electrons. The topological polar surface area (TPSA) is 38.3 Å². The number of benzene rings is 2. The lowest BCUT2D eigenvalue weighted by atomic mass is 10.1. The summed E-state index contributed by atoms with van der Waals surface area (Å²) in [4.78, 5) is 12.0. The number of amides is 1. The summed E-state index contributed by atoms with van der Waals surface area (Å²) in [6.45, 7) is 2.50. The molecule has 0 bridgehead atoms. The van der Waals surface area contributed by atoms with Gasteiger partial charge < -0.3 is 10.1 Å². The standard InChI is InChI=1S/C17H16FNO2/c1-11-2-4-15(14(18)8-11)19-17(20)10-12-3-5-16-13(9-12)6-7-21-16/h2-5,8-9H,6-7,10H2,1H3,(H,19,20). The van der Waals surface area contributed by atoms with Crippen LogP contribution in [0.2, 0.25) is 0 Å². The maximum Gasteiger partial charge on any atom is 0.228 e. The van der Waals surface area contributed by atoms with Gasteiger partial charge in [-0.05, 0) is 41.8 Å². The van der Waals surface area contributed by atoms with Gasteiger partial charge in [0.2, 0.25) is 5.91 Å². The number of aryl methyl sites for hydroxylation is 1. The van der Waals surface area contributed by atoms with Crippen molar-refractivity contribution in [3.8, 4) is 5.75 Å². The number of halogens is 1. The zero-order chi connectivity index (χ0) is 14.8. The third kappa shape index (κ3) is 3.05. The first-order chi connectivity index (χ1) is 10.1. The molecule has 3 rings (SSSR count). The second-order valence-corrected chi connectivity index (χ2v) is 5.25. The molecule has 2 aromatic carbocycles.